The van der Waals surface area contributed by atoms with Crippen LogP contribution in [-0.4, -0.2) is 27.1 Å². The van der Waals surface area contributed by atoms with E-state index in [1.165, 1.54) is 6.42 Å². The first-order valence-electron chi connectivity index (χ1n) is 10.9. The zero-order chi connectivity index (χ0) is 24.5. The highest BCUT2D eigenvalue weighted by atomic mass is 19.4. The Labute approximate surface area is 194 Å². The Bertz CT molecular complexity index is 1370. The van der Waals surface area contributed by atoms with Crippen molar-refractivity contribution in [1.29, 1.82) is 0 Å². The van der Waals surface area contributed by atoms with Crippen LogP contribution in [0, 0.1) is 23.5 Å². The number of ether oxygens (including phenoxy) is 2. The second-order valence-corrected chi connectivity index (χ2v) is 8.88. The van der Waals surface area contributed by atoms with Gasteiger partial charge in [0.1, 0.15) is 23.9 Å². The molecule has 1 saturated carbocycles. The molecule has 1 saturated heterocycles. The minimum absolute atomic E-state index is 0.0417. The molecule has 0 bridgehead atoms. The van der Waals surface area contributed by atoms with Crippen LogP contribution < -0.4 is 20.1 Å². The zero-order valence-corrected chi connectivity index (χ0v) is 17.9. The number of pyridine rings is 1. The number of piperidine rings is 1. The van der Waals surface area contributed by atoms with Gasteiger partial charge in [0.2, 0.25) is 5.88 Å². The third-order valence-electron chi connectivity index (χ3n) is 6.62. The average molecular weight is 492 g/mol. The van der Waals surface area contributed by atoms with Gasteiger partial charge in [-0.25, -0.2) is 13.6 Å². The van der Waals surface area contributed by atoms with Crippen molar-refractivity contribution in [2.45, 2.75) is 31.8 Å². The molecule has 0 spiro atoms. The summed E-state index contributed by atoms with van der Waals surface area (Å²) in [5.74, 6) is -1.49. The summed E-state index contributed by atoms with van der Waals surface area (Å²) >= 11 is 0. The van der Waals surface area contributed by atoms with Crippen molar-refractivity contribution in [1.82, 2.24) is 14.5 Å². The maximum absolute atomic E-state index is 14.6. The third kappa shape index (κ3) is 3.86. The molecule has 2 fully saturated rings. The van der Waals surface area contributed by atoms with Crippen LogP contribution in [0.1, 0.15) is 17.7 Å². The molecule has 1 aliphatic carbocycles. The van der Waals surface area contributed by atoms with Gasteiger partial charge in [-0.05, 0) is 42.0 Å². The highest BCUT2D eigenvalue weighted by molar-refractivity contribution is 5.50. The third-order valence-corrected chi connectivity index (χ3v) is 6.62. The first-order chi connectivity index (χ1) is 16.7. The average Bonchev–Trinajstić information content (AvgIpc) is 3.33. The molecular formula is C23H17F5N4O3. The van der Waals surface area contributed by atoms with Crippen molar-refractivity contribution < 1.29 is 31.4 Å². The van der Waals surface area contributed by atoms with E-state index in [0.717, 1.165) is 36.8 Å². The van der Waals surface area contributed by atoms with Gasteiger partial charge in [0.05, 0.1) is 6.04 Å². The van der Waals surface area contributed by atoms with Crippen molar-refractivity contribution in [3.05, 3.63) is 69.9 Å². The van der Waals surface area contributed by atoms with Crippen molar-refractivity contribution in [3.63, 3.8) is 0 Å². The molecule has 4 heterocycles. The summed E-state index contributed by atoms with van der Waals surface area (Å²) in [4.78, 5) is 21.7. The minimum atomic E-state index is -4.73. The number of halogens is 5. The van der Waals surface area contributed by atoms with E-state index in [0.29, 0.717) is 30.5 Å². The molecule has 0 N–H and O–H groups in total. The highest BCUT2D eigenvalue weighted by Gasteiger charge is 2.55. The van der Waals surface area contributed by atoms with Crippen LogP contribution in [0.25, 0.3) is 0 Å². The van der Waals surface area contributed by atoms with E-state index >= 15 is 0 Å². The van der Waals surface area contributed by atoms with Crippen LogP contribution in [0.3, 0.4) is 0 Å². The molecule has 1 aromatic carbocycles. The molecule has 3 aliphatic rings. The van der Waals surface area contributed by atoms with Crippen LogP contribution in [0.4, 0.5) is 27.8 Å². The van der Waals surface area contributed by atoms with Gasteiger partial charge in [-0.2, -0.15) is 18.2 Å². The summed E-state index contributed by atoms with van der Waals surface area (Å²) in [5, 5.41) is 0. The van der Waals surface area contributed by atoms with Gasteiger partial charge in [0.15, 0.2) is 17.4 Å². The SMILES string of the molecule is O=c1nc(OCc2cc(F)c(Oc3ccnc(C(F)(F)F)c3)c(F)c2)cc2n1C[C@@H]1[C@@H]3C[C@@H]3CN21. The monoisotopic (exact) mass is 492 g/mol. The number of hydrogen-bond donors (Lipinski definition) is 0. The molecule has 12 heteroatoms. The van der Waals surface area contributed by atoms with Crippen molar-refractivity contribution in [2.75, 3.05) is 11.4 Å². The molecule has 0 amide bonds. The first-order valence-corrected chi connectivity index (χ1v) is 10.9. The number of hydrogen-bond acceptors (Lipinski definition) is 6. The Morgan fingerprint density at radius 1 is 1.09 bits per heavy atom. The molecule has 2 aromatic heterocycles. The van der Waals surface area contributed by atoms with Crippen LogP contribution in [0.5, 0.6) is 17.4 Å². The quantitative estimate of drug-likeness (QED) is 0.499. The number of aromatic nitrogens is 3. The van der Waals surface area contributed by atoms with Crippen LogP contribution in [-0.2, 0) is 19.3 Å². The van der Waals surface area contributed by atoms with Gasteiger partial charge in [0, 0.05) is 31.4 Å². The Kier molecular flexibility index (Phi) is 4.77. The van der Waals surface area contributed by atoms with Gasteiger partial charge >= 0.3 is 11.9 Å². The highest BCUT2D eigenvalue weighted by Crippen LogP contribution is 2.53. The van der Waals surface area contributed by atoms with Gasteiger partial charge in [-0.15, -0.1) is 0 Å². The summed E-state index contributed by atoms with van der Waals surface area (Å²) < 4.78 is 79.7. The predicted octanol–water partition coefficient (Wildman–Crippen LogP) is 4.14. The van der Waals surface area contributed by atoms with Crippen LogP contribution >= 0.6 is 0 Å². The first kappa shape index (κ1) is 21.8. The van der Waals surface area contributed by atoms with E-state index in [1.807, 2.05) is 0 Å². The van der Waals surface area contributed by atoms with Gasteiger partial charge in [0.25, 0.3) is 0 Å². The number of rotatable bonds is 5. The molecule has 3 aromatic rings. The van der Waals surface area contributed by atoms with E-state index in [4.69, 9.17) is 9.47 Å². The van der Waals surface area contributed by atoms with Crippen molar-refractivity contribution in [2.24, 2.45) is 11.8 Å². The van der Waals surface area contributed by atoms with Crippen molar-refractivity contribution in [3.8, 4) is 17.4 Å². The Hall–Kier alpha value is -3.70. The molecule has 2 aliphatic heterocycles. The lowest BCUT2D eigenvalue weighted by atomic mass is 10.2. The molecule has 0 unspecified atom stereocenters. The molecular weight excluding hydrogens is 475 g/mol. The zero-order valence-electron chi connectivity index (χ0n) is 17.9. The predicted molar refractivity (Wildman–Crippen MR) is 111 cm³/mol. The number of anilines is 1. The fourth-order valence-electron chi connectivity index (χ4n) is 4.91. The Morgan fingerprint density at radius 3 is 2.60 bits per heavy atom. The van der Waals surface area contributed by atoms with E-state index < -0.39 is 40.7 Å². The Morgan fingerprint density at radius 2 is 1.86 bits per heavy atom. The number of benzene rings is 1. The minimum Gasteiger partial charge on any atom is -0.473 e. The lowest BCUT2D eigenvalue weighted by Crippen LogP contribution is -2.28. The molecule has 182 valence electrons. The van der Waals surface area contributed by atoms with Crippen molar-refractivity contribution >= 4 is 5.82 Å². The number of fused-ring (bicyclic) bond motifs is 5. The molecule has 6 rings (SSSR count). The molecule has 0 radical (unpaired) electrons. The van der Waals surface area contributed by atoms with E-state index in [-0.39, 0.29) is 18.1 Å². The fourth-order valence-corrected chi connectivity index (χ4v) is 4.91. The normalized spacial score (nSPS) is 22.0. The molecule has 3 atom stereocenters. The lowest BCUT2D eigenvalue weighted by Gasteiger charge is -2.20. The smallest absolute Gasteiger partial charge is 0.433 e. The fraction of sp³-hybridized carbons (Fsp3) is 0.348. The van der Waals surface area contributed by atoms with Gasteiger partial charge in [-0.1, -0.05) is 0 Å². The molecule has 7 nitrogen and oxygen atoms in total. The van der Waals surface area contributed by atoms with E-state index in [9.17, 15) is 26.7 Å². The standard InChI is InChI=1S/C23H17F5N4O3/c24-15-3-11(4-16(25)21(15)35-13-1-2-29-18(6-13)23(26,27)28)10-34-19-7-20-31-8-12-5-14(12)17(31)9-32(20)22(33)30-19/h1-4,6-7,12,14,17H,5,8-10H2/t12-,14-,17-/m1/s1. The van der Waals surface area contributed by atoms with Gasteiger partial charge < -0.3 is 14.4 Å². The van der Waals surface area contributed by atoms with E-state index in [1.54, 1.807) is 10.6 Å². The summed E-state index contributed by atoms with van der Waals surface area (Å²) in [6.07, 6.45) is -2.72. The molecule has 35 heavy (non-hydrogen) atoms. The second kappa shape index (κ2) is 7.65. The maximum atomic E-state index is 14.6. The summed E-state index contributed by atoms with van der Waals surface area (Å²) in [6, 6.07) is 5.43. The Balaban J connectivity index is 1.18. The number of alkyl halides is 3. The topological polar surface area (TPSA) is 69.5 Å². The van der Waals surface area contributed by atoms with Gasteiger partial charge in [-0.3, -0.25) is 9.55 Å². The lowest BCUT2D eigenvalue weighted by molar-refractivity contribution is -0.141. The van der Waals surface area contributed by atoms with Crippen LogP contribution in [0.2, 0.25) is 0 Å². The summed E-state index contributed by atoms with van der Waals surface area (Å²) in [7, 11) is 0. The largest absolute Gasteiger partial charge is 0.473 e. The summed E-state index contributed by atoms with van der Waals surface area (Å²) in [6.45, 7) is 1.20. The van der Waals surface area contributed by atoms with E-state index in [2.05, 4.69) is 14.9 Å². The second-order valence-electron chi connectivity index (χ2n) is 8.88. The summed E-state index contributed by atoms with van der Waals surface area (Å²) in [5.41, 5.74) is -1.61. The van der Waals surface area contributed by atoms with Crippen LogP contribution in [0.15, 0.2) is 41.3 Å². The maximum Gasteiger partial charge on any atom is 0.433 e. The number of nitrogens with zero attached hydrogens (tertiary/aromatic N) is 4.